The Hall–Kier alpha value is -1.51. The van der Waals surface area contributed by atoms with E-state index in [2.05, 4.69) is 42.2 Å². The third-order valence-electron chi connectivity index (χ3n) is 5.15. The topological polar surface area (TPSA) is 12.5 Å². The highest BCUT2D eigenvalue weighted by Gasteiger charge is 2.24. The Bertz CT molecular complexity index is 683. The maximum atomic E-state index is 6.03. The number of benzene rings is 2. The van der Waals surface area contributed by atoms with Gasteiger partial charge < -0.3 is 9.64 Å². The molecule has 1 aliphatic heterocycles. The van der Waals surface area contributed by atoms with E-state index < -0.39 is 0 Å². The largest absolute Gasteiger partial charge is 0.497 e. The van der Waals surface area contributed by atoms with Gasteiger partial charge in [-0.05, 0) is 79.7 Å². The zero-order chi connectivity index (χ0) is 17.6. The molecule has 2 aromatic carbocycles. The van der Waals surface area contributed by atoms with Crippen molar-refractivity contribution in [1.29, 1.82) is 0 Å². The van der Waals surface area contributed by atoms with E-state index in [9.17, 15) is 0 Å². The summed E-state index contributed by atoms with van der Waals surface area (Å²) in [7, 11) is 1.74. The number of halogens is 1. The molecule has 1 atom stereocenters. The summed E-state index contributed by atoms with van der Waals surface area (Å²) in [6.07, 6.45) is 6.29. The van der Waals surface area contributed by atoms with Crippen molar-refractivity contribution in [3.63, 3.8) is 0 Å². The molecular formula is C22H28ClNO. The minimum Gasteiger partial charge on any atom is -0.497 e. The fraction of sp³-hybridized carbons (Fsp3) is 0.455. The second kappa shape index (κ2) is 8.73. The van der Waals surface area contributed by atoms with Crippen LogP contribution >= 0.6 is 11.6 Å². The number of methoxy groups -OCH3 is 1. The highest BCUT2D eigenvalue weighted by molar-refractivity contribution is 6.30. The minimum atomic E-state index is 0.664. The van der Waals surface area contributed by atoms with Crippen LogP contribution in [0.25, 0.3) is 11.1 Å². The third-order valence-corrected chi connectivity index (χ3v) is 5.40. The second-order valence-corrected chi connectivity index (χ2v) is 7.40. The number of ether oxygens (including phenoxy) is 1. The highest BCUT2D eigenvalue weighted by Crippen LogP contribution is 2.29. The van der Waals surface area contributed by atoms with Crippen molar-refractivity contribution in [1.82, 2.24) is 4.90 Å². The number of unbranched alkanes of at least 4 members (excludes halogenated alkanes) is 1. The number of nitrogens with zero attached hydrogens (tertiary/aromatic N) is 1. The molecule has 0 aliphatic carbocycles. The summed E-state index contributed by atoms with van der Waals surface area (Å²) < 4.78 is 5.56. The van der Waals surface area contributed by atoms with E-state index in [4.69, 9.17) is 16.3 Å². The standard InChI is InChI=1S/C22H28ClNO/c1-3-4-11-24-12-5-6-21(24)14-17-13-19(16-22(15-17)25-2)18-7-9-20(23)10-8-18/h7-10,13,15-16,21H,3-6,11-12,14H2,1-2H3. The van der Waals surface area contributed by atoms with Gasteiger partial charge in [0.1, 0.15) is 5.75 Å². The van der Waals surface area contributed by atoms with E-state index in [1.807, 2.05) is 12.1 Å². The Morgan fingerprint density at radius 2 is 1.92 bits per heavy atom. The molecule has 2 nitrogen and oxygen atoms in total. The molecule has 1 fully saturated rings. The van der Waals surface area contributed by atoms with E-state index in [1.54, 1.807) is 7.11 Å². The Morgan fingerprint density at radius 1 is 1.12 bits per heavy atom. The summed E-state index contributed by atoms with van der Waals surface area (Å²) >= 11 is 6.03. The maximum absolute atomic E-state index is 6.03. The van der Waals surface area contributed by atoms with Gasteiger partial charge in [0.15, 0.2) is 0 Å². The van der Waals surface area contributed by atoms with Crippen molar-refractivity contribution >= 4 is 11.6 Å². The van der Waals surface area contributed by atoms with E-state index in [-0.39, 0.29) is 0 Å². The van der Waals surface area contributed by atoms with Gasteiger partial charge in [0.25, 0.3) is 0 Å². The zero-order valence-electron chi connectivity index (χ0n) is 15.3. The van der Waals surface area contributed by atoms with Crippen molar-refractivity contribution in [3.05, 3.63) is 53.1 Å². The van der Waals surface area contributed by atoms with Crippen LogP contribution in [0, 0.1) is 0 Å². The molecule has 0 amide bonds. The fourth-order valence-corrected chi connectivity index (χ4v) is 3.89. The summed E-state index contributed by atoms with van der Waals surface area (Å²) in [4.78, 5) is 2.67. The monoisotopic (exact) mass is 357 g/mol. The van der Waals surface area contributed by atoms with E-state index in [0.29, 0.717) is 6.04 Å². The number of hydrogen-bond acceptors (Lipinski definition) is 2. The highest BCUT2D eigenvalue weighted by atomic mass is 35.5. The molecule has 0 spiro atoms. The molecule has 25 heavy (non-hydrogen) atoms. The lowest BCUT2D eigenvalue weighted by Gasteiger charge is -2.24. The van der Waals surface area contributed by atoms with Crippen LogP contribution in [-0.4, -0.2) is 31.1 Å². The molecular weight excluding hydrogens is 330 g/mol. The van der Waals surface area contributed by atoms with Gasteiger partial charge in [-0.25, -0.2) is 0 Å². The number of rotatable bonds is 7. The Kier molecular flexibility index (Phi) is 6.39. The summed E-state index contributed by atoms with van der Waals surface area (Å²) in [5, 5.41) is 0.768. The van der Waals surface area contributed by atoms with Gasteiger partial charge in [-0.2, -0.15) is 0 Å². The lowest BCUT2D eigenvalue weighted by molar-refractivity contribution is 0.248. The van der Waals surface area contributed by atoms with Crippen LogP contribution in [0.2, 0.25) is 5.02 Å². The van der Waals surface area contributed by atoms with Gasteiger partial charge in [-0.15, -0.1) is 0 Å². The van der Waals surface area contributed by atoms with Crippen molar-refractivity contribution in [2.24, 2.45) is 0 Å². The first kappa shape index (κ1) is 18.3. The number of likely N-dealkylation sites (tertiary alicyclic amines) is 1. The molecule has 1 aliphatic rings. The van der Waals surface area contributed by atoms with Crippen molar-refractivity contribution in [2.75, 3.05) is 20.2 Å². The molecule has 0 N–H and O–H groups in total. The predicted octanol–water partition coefficient (Wildman–Crippen LogP) is 5.82. The fourth-order valence-electron chi connectivity index (χ4n) is 3.76. The van der Waals surface area contributed by atoms with E-state index in [1.165, 1.54) is 55.5 Å². The molecule has 0 bridgehead atoms. The zero-order valence-corrected chi connectivity index (χ0v) is 16.1. The third kappa shape index (κ3) is 4.77. The Balaban J connectivity index is 1.81. The molecule has 1 saturated heterocycles. The molecule has 134 valence electrons. The summed E-state index contributed by atoms with van der Waals surface area (Å²) in [6.45, 7) is 4.75. The normalized spacial score (nSPS) is 17.8. The molecule has 0 radical (unpaired) electrons. The van der Waals surface area contributed by atoms with Crippen molar-refractivity contribution in [3.8, 4) is 16.9 Å². The van der Waals surface area contributed by atoms with Crippen LogP contribution < -0.4 is 4.74 Å². The first-order valence-corrected chi connectivity index (χ1v) is 9.75. The average molecular weight is 358 g/mol. The molecule has 3 rings (SSSR count). The average Bonchev–Trinajstić information content (AvgIpc) is 3.07. The first-order chi connectivity index (χ1) is 12.2. The molecule has 1 heterocycles. The van der Waals surface area contributed by atoms with Crippen LogP contribution in [-0.2, 0) is 6.42 Å². The van der Waals surface area contributed by atoms with Crippen LogP contribution in [0.15, 0.2) is 42.5 Å². The maximum Gasteiger partial charge on any atom is 0.119 e. The van der Waals surface area contributed by atoms with Crippen LogP contribution in [0.4, 0.5) is 0 Å². The van der Waals surface area contributed by atoms with Crippen LogP contribution in [0.5, 0.6) is 5.75 Å². The van der Waals surface area contributed by atoms with Gasteiger partial charge >= 0.3 is 0 Å². The summed E-state index contributed by atoms with van der Waals surface area (Å²) in [5.74, 6) is 0.931. The lowest BCUT2D eigenvalue weighted by Crippen LogP contribution is -2.32. The van der Waals surface area contributed by atoms with E-state index in [0.717, 1.165) is 17.2 Å². The summed E-state index contributed by atoms with van der Waals surface area (Å²) in [5.41, 5.74) is 3.74. The van der Waals surface area contributed by atoms with Crippen molar-refractivity contribution < 1.29 is 4.74 Å². The molecule has 0 aromatic heterocycles. The van der Waals surface area contributed by atoms with Gasteiger partial charge in [0, 0.05) is 11.1 Å². The minimum absolute atomic E-state index is 0.664. The number of hydrogen-bond donors (Lipinski definition) is 0. The van der Waals surface area contributed by atoms with Gasteiger partial charge in [-0.3, -0.25) is 0 Å². The molecule has 1 unspecified atom stereocenters. The second-order valence-electron chi connectivity index (χ2n) is 6.97. The Labute approximate surface area is 156 Å². The lowest BCUT2D eigenvalue weighted by atomic mass is 9.98. The smallest absolute Gasteiger partial charge is 0.119 e. The summed E-state index contributed by atoms with van der Waals surface area (Å²) in [6, 6.07) is 15.3. The van der Waals surface area contributed by atoms with Gasteiger partial charge in [0.05, 0.1) is 7.11 Å². The SMILES string of the molecule is CCCCN1CCCC1Cc1cc(OC)cc(-c2ccc(Cl)cc2)c1. The van der Waals surface area contributed by atoms with Gasteiger partial charge in [-0.1, -0.05) is 43.1 Å². The first-order valence-electron chi connectivity index (χ1n) is 9.37. The van der Waals surface area contributed by atoms with Crippen LogP contribution in [0.1, 0.15) is 38.2 Å². The Morgan fingerprint density at radius 3 is 2.64 bits per heavy atom. The van der Waals surface area contributed by atoms with Crippen LogP contribution in [0.3, 0.4) is 0 Å². The molecule has 2 aromatic rings. The van der Waals surface area contributed by atoms with E-state index >= 15 is 0 Å². The predicted molar refractivity (Wildman–Crippen MR) is 107 cm³/mol. The molecule has 0 saturated carbocycles. The quantitative estimate of drug-likeness (QED) is 0.618. The van der Waals surface area contributed by atoms with Crippen molar-refractivity contribution in [2.45, 2.75) is 45.1 Å². The molecule has 3 heteroatoms. The van der Waals surface area contributed by atoms with Gasteiger partial charge in [0.2, 0.25) is 0 Å².